The van der Waals surface area contributed by atoms with Gasteiger partial charge in [-0.1, -0.05) is 26.0 Å². The highest BCUT2D eigenvalue weighted by atomic mass is 16.6. The van der Waals surface area contributed by atoms with E-state index in [-0.39, 0.29) is 25.1 Å². The van der Waals surface area contributed by atoms with Crippen LogP contribution in [0, 0.1) is 5.92 Å². The van der Waals surface area contributed by atoms with E-state index in [1.807, 2.05) is 26.0 Å². The smallest absolute Gasteiger partial charge is 0.306 e. The molecule has 0 fully saturated rings. The van der Waals surface area contributed by atoms with Crippen molar-refractivity contribution in [3.8, 4) is 11.5 Å². The number of methoxy groups -OCH3 is 1. The summed E-state index contributed by atoms with van der Waals surface area (Å²) in [6, 6.07) is 7.16. The van der Waals surface area contributed by atoms with Gasteiger partial charge in [0.15, 0.2) is 11.5 Å². The Labute approximate surface area is 119 Å². The van der Waals surface area contributed by atoms with Crippen LogP contribution in [0.5, 0.6) is 11.5 Å². The molecule has 0 heterocycles. The van der Waals surface area contributed by atoms with Crippen molar-refractivity contribution in [3.63, 3.8) is 0 Å². The molecule has 5 heteroatoms. The number of benzene rings is 1. The molecule has 0 saturated carbocycles. The van der Waals surface area contributed by atoms with E-state index in [1.54, 1.807) is 19.2 Å². The molecule has 0 bridgehead atoms. The normalized spacial score (nSPS) is 12.1. The van der Waals surface area contributed by atoms with Gasteiger partial charge in [-0.25, -0.2) is 0 Å². The number of esters is 1. The third-order valence-electron chi connectivity index (χ3n) is 2.51. The van der Waals surface area contributed by atoms with Gasteiger partial charge < -0.3 is 19.3 Å². The molecule has 1 aromatic rings. The van der Waals surface area contributed by atoms with Crippen molar-refractivity contribution in [3.05, 3.63) is 24.3 Å². The largest absolute Gasteiger partial charge is 0.493 e. The first kappa shape index (κ1) is 16.3. The van der Waals surface area contributed by atoms with Crippen molar-refractivity contribution < 1.29 is 24.1 Å². The summed E-state index contributed by atoms with van der Waals surface area (Å²) in [5, 5.41) is 9.71. The second-order valence-electron chi connectivity index (χ2n) is 4.90. The number of rotatable bonds is 8. The van der Waals surface area contributed by atoms with Crippen LogP contribution in [-0.4, -0.2) is 37.5 Å². The highest BCUT2D eigenvalue weighted by Crippen LogP contribution is 2.25. The summed E-state index contributed by atoms with van der Waals surface area (Å²) in [5.41, 5.74) is 0. The molecule has 20 heavy (non-hydrogen) atoms. The highest BCUT2D eigenvalue weighted by Gasteiger charge is 2.12. The number of carbonyl (C=O) groups excluding carboxylic acids is 1. The molecular formula is C15H22O5. The molecule has 0 aliphatic rings. The van der Waals surface area contributed by atoms with Gasteiger partial charge in [0.2, 0.25) is 0 Å². The molecule has 5 nitrogen and oxygen atoms in total. The van der Waals surface area contributed by atoms with Gasteiger partial charge in [-0.15, -0.1) is 0 Å². The fraction of sp³-hybridized carbons (Fsp3) is 0.533. The molecule has 1 N–H and O–H groups in total. The Hall–Kier alpha value is -1.75. The predicted molar refractivity (Wildman–Crippen MR) is 74.9 cm³/mol. The van der Waals surface area contributed by atoms with Crippen molar-refractivity contribution in [2.24, 2.45) is 5.92 Å². The number of hydrogen-bond acceptors (Lipinski definition) is 5. The van der Waals surface area contributed by atoms with E-state index in [1.165, 1.54) is 0 Å². The Balaban J connectivity index is 2.32. The summed E-state index contributed by atoms with van der Waals surface area (Å²) < 4.78 is 15.5. The van der Waals surface area contributed by atoms with Crippen molar-refractivity contribution >= 4 is 5.97 Å². The van der Waals surface area contributed by atoms with Gasteiger partial charge in [0, 0.05) is 6.42 Å². The lowest BCUT2D eigenvalue weighted by Gasteiger charge is -2.14. The van der Waals surface area contributed by atoms with Crippen molar-refractivity contribution in [2.45, 2.75) is 26.4 Å². The topological polar surface area (TPSA) is 65.0 Å². The van der Waals surface area contributed by atoms with E-state index >= 15 is 0 Å². The quantitative estimate of drug-likeness (QED) is 0.739. The minimum atomic E-state index is -0.865. The number of aliphatic hydroxyl groups excluding tert-OH is 1. The third kappa shape index (κ3) is 5.93. The molecule has 0 saturated heterocycles. The van der Waals surface area contributed by atoms with Gasteiger partial charge in [0.05, 0.1) is 7.11 Å². The lowest BCUT2D eigenvalue weighted by Crippen LogP contribution is -2.25. The lowest BCUT2D eigenvalue weighted by atomic mass is 10.1. The highest BCUT2D eigenvalue weighted by molar-refractivity contribution is 5.69. The second-order valence-corrected chi connectivity index (χ2v) is 4.90. The number of ether oxygens (including phenoxy) is 3. The molecule has 1 rings (SSSR count). The van der Waals surface area contributed by atoms with Crippen LogP contribution in [0.15, 0.2) is 24.3 Å². The summed E-state index contributed by atoms with van der Waals surface area (Å²) in [4.78, 5) is 11.3. The lowest BCUT2D eigenvalue weighted by molar-refractivity contribution is -0.148. The molecular weight excluding hydrogens is 260 g/mol. The maximum Gasteiger partial charge on any atom is 0.306 e. The van der Waals surface area contributed by atoms with Crippen LogP contribution in [0.4, 0.5) is 0 Å². The van der Waals surface area contributed by atoms with E-state index in [4.69, 9.17) is 14.2 Å². The predicted octanol–water partition coefficient (Wildman–Crippen LogP) is 2.02. The van der Waals surface area contributed by atoms with Gasteiger partial charge in [-0.05, 0) is 18.1 Å². The van der Waals surface area contributed by atoms with Crippen molar-refractivity contribution in [1.82, 2.24) is 0 Å². The number of hydrogen-bond donors (Lipinski definition) is 1. The molecule has 112 valence electrons. The average Bonchev–Trinajstić information content (AvgIpc) is 2.42. The Morgan fingerprint density at radius 3 is 2.45 bits per heavy atom. The van der Waals surface area contributed by atoms with Gasteiger partial charge in [0.1, 0.15) is 19.3 Å². The zero-order chi connectivity index (χ0) is 15.0. The fourth-order valence-corrected chi connectivity index (χ4v) is 1.55. The Morgan fingerprint density at radius 2 is 1.85 bits per heavy atom. The summed E-state index contributed by atoms with van der Waals surface area (Å²) >= 11 is 0. The Bertz CT molecular complexity index is 416. The van der Waals surface area contributed by atoms with Gasteiger partial charge in [-0.3, -0.25) is 4.79 Å². The van der Waals surface area contributed by atoms with E-state index in [9.17, 15) is 9.90 Å². The van der Waals surface area contributed by atoms with Crippen LogP contribution >= 0.6 is 0 Å². The monoisotopic (exact) mass is 282 g/mol. The number of aliphatic hydroxyl groups is 1. The van der Waals surface area contributed by atoms with Crippen LogP contribution in [0.25, 0.3) is 0 Å². The molecule has 0 aromatic heterocycles. The molecule has 0 amide bonds. The summed E-state index contributed by atoms with van der Waals surface area (Å²) in [6.07, 6.45) is -0.517. The van der Waals surface area contributed by atoms with Crippen molar-refractivity contribution in [1.29, 1.82) is 0 Å². The van der Waals surface area contributed by atoms with Crippen LogP contribution in [0.3, 0.4) is 0 Å². The molecule has 0 aliphatic heterocycles. The maximum atomic E-state index is 11.3. The molecule has 0 spiro atoms. The first-order valence-corrected chi connectivity index (χ1v) is 6.62. The minimum absolute atomic E-state index is 0.0370. The first-order valence-electron chi connectivity index (χ1n) is 6.62. The molecule has 0 aliphatic carbocycles. The zero-order valence-corrected chi connectivity index (χ0v) is 12.2. The molecule has 0 radical (unpaired) electrons. The van der Waals surface area contributed by atoms with Crippen LogP contribution in [0.1, 0.15) is 20.3 Å². The second kappa shape index (κ2) is 8.43. The molecule has 1 unspecified atom stereocenters. The summed E-state index contributed by atoms with van der Waals surface area (Å²) in [5.74, 6) is 1.07. The average molecular weight is 282 g/mol. The van der Waals surface area contributed by atoms with Gasteiger partial charge >= 0.3 is 5.97 Å². The Kier molecular flexibility index (Phi) is 6.87. The minimum Gasteiger partial charge on any atom is -0.493 e. The van der Waals surface area contributed by atoms with Crippen LogP contribution in [-0.2, 0) is 9.53 Å². The van der Waals surface area contributed by atoms with Crippen molar-refractivity contribution in [2.75, 3.05) is 20.3 Å². The van der Waals surface area contributed by atoms with Gasteiger partial charge in [0.25, 0.3) is 0 Å². The SMILES string of the molecule is COc1ccccc1OCC(O)COC(=O)CC(C)C. The summed E-state index contributed by atoms with van der Waals surface area (Å²) in [6.45, 7) is 3.83. The standard InChI is InChI=1S/C15H22O5/c1-11(2)8-15(17)20-10-12(16)9-19-14-7-5-4-6-13(14)18-3/h4-7,11-12,16H,8-10H2,1-3H3. The first-order chi connectivity index (χ1) is 9.52. The van der Waals surface area contributed by atoms with Crippen LogP contribution < -0.4 is 9.47 Å². The zero-order valence-electron chi connectivity index (χ0n) is 12.2. The number of carbonyl (C=O) groups is 1. The van der Waals surface area contributed by atoms with E-state index in [2.05, 4.69) is 0 Å². The van der Waals surface area contributed by atoms with E-state index < -0.39 is 6.10 Å². The maximum absolute atomic E-state index is 11.3. The van der Waals surface area contributed by atoms with Crippen LogP contribution in [0.2, 0.25) is 0 Å². The third-order valence-corrected chi connectivity index (χ3v) is 2.51. The number of para-hydroxylation sites is 2. The van der Waals surface area contributed by atoms with E-state index in [0.29, 0.717) is 17.9 Å². The van der Waals surface area contributed by atoms with E-state index in [0.717, 1.165) is 0 Å². The fourth-order valence-electron chi connectivity index (χ4n) is 1.55. The molecule has 1 atom stereocenters. The molecule has 1 aromatic carbocycles. The Morgan fingerprint density at radius 1 is 1.20 bits per heavy atom. The van der Waals surface area contributed by atoms with Gasteiger partial charge in [-0.2, -0.15) is 0 Å². The summed E-state index contributed by atoms with van der Waals surface area (Å²) in [7, 11) is 1.55.